The van der Waals surface area contributed by atoms with E-state index in [0.29, 0.717) is 6.61 Å². The summed E-state index contributed by atoms with van der Waals surface area (Å²) in [6, 6.07) is 0. The van der Waals surface area contributed by atoms with Crippen LogP contribution >= 0.6 is 0 Å². The summed E-state index contributed by atoms with van der Waals surface area (Å²) in [4.78, 5) is 11.0. The number of furan rings is 1. The molecule has 0 unspecified atom stereocenters. The van der Waals surface area contributed by atoms with Crippen molar-refractivity contribution < 1.29 is 28.5 Å². The summed E-state index contributed by atoms with van der Waals surface area (Å²) in [5, 5.41) is 9.27. The molecule has 0 saturated carbocycles. The second kappa shape index (κ2) is 5.14. The first-order valence-electron chi connectivity index (χ1n) is 4.46. The zero-order valence-corrected chi connectivity index (χ0v) is 8.48. The Labute approximate surface area is 86.3 Å². The third-order valence-electron chi connectivity index (χ3n) is 1.42. The van der Waals surface area contributed by atoms with Crippen molar-refractivity contribution >= 4 is 6.16 Å². The van der Waals surface area contributed by atoms with Gasteiger partial charge in [0.1, 0.15) is 6.26 Å². The maximum Gasteiger partial charge on any atom is 0.514 e. The molecule has 0 aliphatic heterocycles. The molecular weight excluding hydrogens is 204 g/mol. The van der Waals surface area contributed by atoms with Gasteiger partial charge in [-0.05, 0) is 13.8 Å². The fourth-order valence-corrected chi connectivity index (χ4v) is 0.876. The van der Waals surface area contributed by atoms with Gasteiger partial charge in [0.05, 0.1) is 13.2 Å². The molecule has 15 heavy (non-hydrogen) atoms. The van der Waals surface area contributed by atoms with Gasteiger partial charge in [0.15, 0.2) is 0 Å². The Morgan fingerprint density at radius 3 is 2.80 bits per heavy atom. The first kappa shape index (κ1) is 11.2. The van der Waals surface area contributed by atoms with E-state index in [0.717, 1.165) is 6.26 Å². The molecule has 0 amide bonds. The average Bonchev–Trinajstić information content (AvgIpc) is 2.51. The van der Waals surface area contributed by atoms with E-state index in [9.17, 15) is 9.90 Å². The third-order valence-corrected chi connectivity index (χ3v) is 1.42. The Morgan fingerprint density at radius 2 is 2.20 bits per heavy atom. The van der Waals surface area contributed by atoms with Crippen LogP contribution in [0.3, 0.4) is 0 Å². The van der Waals surface area contributed by atoms with Crippen LogP contribution in [0.1, 0.15) is 13.8 Å². The van der Waals surface area contributed by atoms with Crippen molar-refractivity contribution in [2.24, 2.45) is 0 Å². The molecule has 0 fully saturated rings. The van der Waals surface area contributed by atoms with Crippen molar-refractivity contribution in [3.8, 4) is 17.4 Å². The van der Waals surface area contributed by atoms with Crippen LogP contribution in [0, 0.1) is 0 Å². The van der Waals surface area contributed by atoms with Crippen molar-refractivity contribution in [3.05, 3.63) is 6.26 Å². The highest BCUT2D eigenvalue weighted by molar-refractivity contribution is 5.66. The Hall–Kier alpha value is -1.85. The zero-order chi connectivity index (χ0) is 11.3. The molecule has 0 aliphatic carbocycles. The van der Waals surface area contributed by atoms with Gasteiger partial charge in [-0.3, -0.25) is 0 Å². The quantitative estimate of drug-likeness (QED) is 0.774. The summed E-state index contributed by atoms with van der Waals surface area (Å²) in [5.41, 5.74) is 0. The van der Waals surface area contributed by atoms with Gasteiger partial charge in [0.25, 0.3) is 5.75 Å². The van der Waals surface area contributed by atoms with Gasteiger partial charge in [0, 0.05) is 0 Å². The van der Waals surface area contributed by atoms with E-state index in [1.807, 2.05) is 0 Å². The van der Waals surface area contributed by atoms with E-state index in [1.54, 1.807) is 13.8 Å². The molecule has 6 heteroatoms. The van der Waals surface area contributed by atoms with Crippen LogP contribution in [0.25, 0.3) is 0 Å². The average molecular weight is 216 g/mol. The minimum absolute atomic E-state index is 0.0527. The predicted octanol–water partition coefficient (Wildman–Crippen LogP) is 1.92. The van der Waals surface area contributed by atoms with E-state index in [2.05, 4.69) is 9.47 Å². The summed E-state index contributed by atoms with van der Waals surface area (Å²) < 4.78 is 19.0. The number of carbonyl (C=O) groups excluding carboxylic acids is 1. The summed E-state index contributed by atoms with van der Waals surface area (Å²) in [7, 11) is 0. The fraction of sp³-hybridized carbons (Fsp3) is 0.444. The van der Waals surface area contributed by atoms with Crippen LogP contribution in [0.4, 0.5) is 4.79 Å². The van der Waals surface area contributed by atoms with Gasteiger partial charge in [-0.15, -0.1) is 0 Å². The Kier molecular flexibility index (Phi) is 3.84. The monoisotopic (exact) mass is 216 g/mol. The number of hydrogen-bond donors (Lipinski definition) is 1. The minimum Gasteiger partial charge on any atom is -0.502 e. The first-order valence-corrected chi connectivity index (χ1v) is 4.46. The van der Waals surface area contributed by atoms with Crippen LogP contribution in [0.15, 0.2) is 10.7 Å². The highest BCUT2D eigenvalue weighted by Crippen LogP contribution is 2.38. The van der Waals surface area contributed by atoms with Gasteiger partial charge in [-0.2, -0.15) is 0 Å². The number of rotatable bonds is 4. The van der Waals surface area contributed by atoms with E-state index < -0.39 is 6.16 Å². The number of hydrogen-bond acceptors (Lipinski definition) is 6. The molecular formula is C9H12O6. The first-order chi connectivity index (χ1) is 7.19. The lowest BCUT2D eigenvalue weighted by Crippen LogP contribution is -2.10. The molecule has 1 N–H and O–H groups in total. The van der Waals surface area contributed by atoms with Crippen molar-refractivity contribution in [2.45, 2.75) is 13.8 Å². The fourth-order valence-electron chi connectivity index (χ4n) is 0.876. The van der Waals surface area contributed by atoms with Crippen LogP contribution in [-0.2, 0) is 4.74 Å². The maximum atomic E-state index is 11.0. The van der Waals surface area contributed by atoms with E-state index in [1.165, 1.54) is 0 Å². The lowest BCUT2D eigenvalue weighted by Gasteiger charge is -2.04. The molecule has 1 aromatic rings. The molecule has 1 heterocycles. The molecule has 1 rings (SSSR count). The lowest BCUT2D eigenvalue weighted by molar-refractivity contribution is 0.100. The molecule has 0 spiro atoms. The maximum absolute atomic E-state index is 11.0. The predicted molar refractivity (Wildman–Crippen MR) is 49.2 cm³/mol. The highest BCUT2D eigenvalue weighted by atomic mass is 16.7. The molecule has 0 radical (unpaired) electrons. The Morgan fingerprint density at radius 1 is 1.47 bits per heavy atom. The van der Waals surface area contributed by atoms with Crippen molar-refractivity contribution in [2.75, 3.05) is 13.2 Å². The molecule has 0 saturated heterocycles. The van der Waals surface area contributed by atoms with Crippen LogP contribution in [0.5, 0.6) is 17.4 Å². The summed E-state index contributed by atoms with van der Waals surface area (Å²) >= 11 is 0. The van der Waals surface area contributed by atoms with Crippen LogP contribution in [0.2, 0.25) is 0 Å². The van der Waals surface area contributed by atoms with Gasteiger partial charge >= 0.3 is 12.1 Å². The molecule has 0 atom stereocenters. The summed E-state index contributed by atoms with van der Waals surface area (Å²) in [5.74, 6) is -0.537. The van der Waals surface area contributed by atoms with E-state index in [4.69, 9.17) is 9.15 Å². The standard InChI is InChI=1S/C9H12O6/c1-3-12-8-7(6(10)5-14-8)15-9(11)13-4-2/h5,10H,3-4H2,1-2H3. The third kappa shape index (κ3) is 2.80. The van der Waals surface area contributed by atoms with Crippen molar-refractivity contribution in [1.82, 2.24) is 0 Å². The molecule has 84 valence electrons. The topological polar surface area (TPSA) is 78.1 Å². The Bertz CT molecular complexity index is 329. The SMILES string of the molecule is CCOC(=O)Oc1c(O)coc1OCC. The highest BCUT2D eigenvalue weighted by Gasteiger charge is 2.20. The lowest BCUT2D eigenvalue weighted by atomic mass is 10.5. The molecule has 6 nitrogen and oxygen atoms in total. The Balaban J connectivity index is 2.73. The van der Waals surface area contributed by atoms with Crippen LogP contribution < -0.4 is 9.47 Å². The van der Waals surface area contributed by atoms with Gasteiger partial charge < -0.3 is 23.7 Å². The summed E-state index contributed by atoms with van der Waals surface area (Å²) in [6.07, 6.45) is 0.0923. The summed E-state index contributed by atoms with van der Waals surface area (Å²) in [6.45, 7) is 3.88. The van der Waals surface area contributed by atoms with E-state index >= 15 is 0 Å². The van der Waals surface area contributed by atoms with Crippen LogP contribution in [-0.4, -0.2) is 24.5 Å². The molecule has 1 aromatic heterocycles. The van der Waals surface area contributed by atoms with Crippen molar-refractivity contribution in [3.63, 3.8) is 0 Å². The molecule has 0 aromatic carbocycles. The second-order valence-corrected chi connectivity index (χ2v) is 2.46. The zero-order valence-electron chi connectivity index (χ0n) is 8.48. The van der Waals surface area contributed by atoms with Gasteiger partial charge in [0.2, 0.25) is 5.75 Å². The molecule has 0 bridgehead atoms. The van der Waals surface area contributed by atoms with Gasteiger partial charge in [-0.25, -0.2) is 4.79 Å². The van der Waals surface area contributed by atoms with E-state index in [-0.39, 0.29) is 24.1 Å². The normalized spacial score (nSPS) is 9.73. The largest absolute Gasteiger partial charge is 0.514 e. The number of carbonyl (C=O) groups is 1. The number of aromatic hydroxyl groups is 1. The second-order valence-electron chi connectivity index (χ2n) is 2.46. The number of ether oxygens (including phenoxy) is 3. The smallest absolute Gasteiger partial charge is 0.502 e. The molecule has 0 aliphatic rings. The minimum atomic E-state index is -0.921. The van der Waals surface area contributed by atoms with Crippen molar-refractivity contribution in [1.29, 1.82) is 0 Å². The van der Waals surface area contributed by atoms with Gasteiger partial charge in [-0.1, -0.05) is 0 Å².